The van der Waals surface area contributed by atoms with E-state index in [0.29, 0.717) is 28.0 Å². The maximum absolute atomic E-state index is 14.3. The van der Waals surface area contributed by atoms with Gasteiger partial charge in [0.15, 0.2) is 0 Å². The molecule has 0 spiro atoms. The SMILES string of the molecule is Cc1c(=O)n(-c2cnn(C)c2)cc2c(NCc3cccc(C(F)F)c3F)ncnc12. The standard InChI is InChI=1S/C20H17F3N6O/c1-11-17-15(9-29(20(11)30)13-7-27-28(2)8-13)19(26-10-25-17)24-6-12-4-3-5-14(16(12)21)18(22)23/h3-5,7-10,18H,6H2,1-2H3,(H,24,25,26). The van der Waals surface area contributed by atoms with Crippen molar-refractivity contribution in [3.63, 3.8) is 0 Å². The van der Waals surface area contributed by atoms with Crippen LogP contribution in [0, 0.1) is 12.7 Å². The molecular formula is C20H17F3N6O. The average molecular weight is 414 g/mol. The molecule has 0 aliphatic heterocycles. The van der Waals surface area contributed by atoms with Crippen LogP contribution in [0.4, 0.5) is 19.0 Å². The minimum absolute atomic E-state index is 0.0659. The number of pyridine rings is 1. The van der Waals surface area contributed by atoms with Gasteiger partial charge in [-0.25, -0.2) is 23.1 Å². The molecule has 0 aliphatic rings. The molecule has 4 aromatic rings. The first-order chi connectivity index (χ1) is 14.4. The van der Waals surface area contributed by atoms with Crippen molar-refractivity contribution < 1.29 is 13.2 Å². The molecule has 154 valence electrons. The Morgan fingerprint density at radius 1 is 1.20 bits per heavy atom. The highest BCUT2D eigenvalue weighted by Crippen LogP contribution is 2.26. The summed E-state index contributed by atoms with van der Waals surface area (Å²) in [4.78, 5) is 21.1. The van der Waals surface area contributed by atoms with E-state index in [-0.39, 0.29) is 17.7 Å². The summed E-state index contributed by atoms with van der Waals surface area (Å²) in [5.41, 5.74) is 0.598. The molecule has 1 aromatic carbocycles. The summed E-state index contributed by atoms with van der Waals surface area (Å²) in [6, 6.07) is 3.86. The quantitative estimate of drug-likeness (QED) is 0.541. The second-order valence-electron chi connectivity index (χ2n) is 6.76. The van der Waals surface area contributed by atoms with Gasteiger partial charge in [-0.3, -0.25) is 14.0 Å². The van der Waals surface area contributed by atoms with Gasteiger partial charge >= 0.3 is 0 Å². The van der Waals surface area contributed by atoms with Crippen LogP contribution in [0.2, 0.25) is 0 Å². The summed E-state index contributed by atoms with van der Waals surface area (Å²) < 4.78 is 43.2. The number of benzene rings is 1. The third-order valence-corrected chi connectivity index (χ3v) is 4.80. The fourth-order valence-corrected chi connectivity index (χ4v) is 3.24. The molecule has 0 amide bonds. The van der Waals surface area contributed by atoms with Gasteiger partial charge in [-0.05, 0) is 6.92 Å². The number of hydrogen-bond acceptors (Lipinski definition) is 5. The van der Waals surface area contributed by atoms with Gasteiger partial charge in [0.1, 0.15) is 18.0 Å². The predicted molar refractivity (Wildman–Crippen MR) is 105 cm³/mol. The Morgan fingerprint density at radius 2 is 2.00 bits per heavy atom. The molecule has 0 radical (unpaired) electrons. The number of halogens is 3. The molecule has 0 unspecified atom stereocenters. The van der Waals surface area contributed by atoms with Crippen molar-refractivity contribution in [2.75, 3.05) is 5.32 Å². The van der Waals surface area contributed by atoms with Crippen LogP contribution < -0.4 is 10.9 Å². The molecule has 0 bridgehead atoms. The van der Waals surface area contributed by atoms with E-state index in [1.54, 1.807) is 37.2 Å². The van der Waals surface area contributed by atoms with Crippen molar-refractivity contribution in [2.24, 2.45) is 7.05 Å². The average Bonchev–Trinajstić information content (AvgIpc) is 3.15. The minimum atomic E-state index is -2.90. The molecule has 0 saturated carbocycles. The van der Waals surface area contributed by atoms with Gasteiger partial charge in [0.25, 0.3) is 12.0 Å². The molecule has 0 fully saturated rings. The van der Waals surface area contributed by atoms with E-state index in [4.69, 9.17) is 0 Å². The molecule has 0 aliphatic carbocycles. The molecule has 0 saturated heterocycles. The molecule has 7 nitrogen and oxygen atoms in total. The number of fused-ring (bicyclic) bond motifs is 1. The molecule has 0 atom stereocenters. The van der Waals surface area contributed by atoms with E-state index in [1.807, 2.05) is 0 Å². The Hall–Kier alpha value is -3.69. The third-order valence-electron chi connectivity index (χ3n) is 4.80. The second-order valence-corrected chi connectivity index (χ2v) is 6.76. The smallest absolute Gasteiger partial charge is 0.266 e. The van der Waals surface area contributed by atoms with Crippen molar-refractivity contribution in [3.05, 3.63) is 76.0 Å². The van der Waals surface area contributed by atoms with Gasteiger partial charge in [-0.1, -0.05) is 18.2 Å². The molecule has 30 heavy (non-hydrogen) atoms. The van der Waals surface area contributed by atoms with Gasteiger partial charge in [0.05, 0.1) is 28.4 Å². The first-order valence-corrected chi connectivity index (χ1v) is 9.02. The first-order valence-electron chi connectivity index (χ1n) is 9.02. The van der Waals surface area contributed by atoms with Crippen LogP contribution in [0.15, 0.2) is 47.9 Å². The van der Waals surface area contributed by atoms with Crippen LogP contribution >= 0.6 is 0 Å². The molecular weight excluding hydrogens is 397 g/mol. The predicted octanol–water partition coefficient (Wildman–Crippen LogP) is 3.51. The van der Waals surface area contributed by atoms with Crippen LogP contribution in [0.3, 0.4) is 0 Å². The van der Waals surface area contributed by atoms with Gasteiger partial charge < -0.3 is 5.32 Å². The van der Waals surface area contributed by atoms with E-state index >= 15 is 0 Å². The summed E-state index contributed by atoms with van der Waals surface area (Å²) >= 11 is 0. The third kappa shape index (κ3) is 3.40. The summed E-state index contributed by atoms with van der Waals surface area (Å²) in [5, 5.41) is 7.58. The fraction of sp³-hybridized carbons (Fsp3) is 0.200. The maximum atomic E-state index is 14.3. The number of nitrogens with zero attached hydrogens (tertiary/aromatic N) is 5. The molecule has 4 rings (SSSR count). The number of aromatic nitrogens is 5. The zero-order valence-electron chi connectivity index (χ0n) is 16.1. The molecule has 10 heteroatoms. The lowest BCUT2D eigenvalue weighted by Crippen LogP contribution is -2.21. The number of aryl methyl sites for hydroxylation is 2. The van der Waals surface area contributed by atoms with E-state index < -0.39 is 17.8 Å². The van der Waals surface area contributed by atoms with E-state index in [2.05, 4.69) is 20.4 Å². The lowest BCUT2D eigenvalue weighted by Gasteiger charge is -2.13. The largest absolute Gasteiger partial charge is 0.365 e. The molecule has 1 N–H and O–H groups in total. The van der Waals surface area contributed by atoms with Crippen LogP contribution in [-0.2, 0) is 13.6 Å². The van der Waals surface area contributed by atoms with Crippen molar-refractivity contribution in [1.29, 1.82) is 0 Å². The fourth-order valence-electron chi connectivity index (χ4n) is 3.24. The van der Waals surface area contributed by atoms with E-state index in [9.17, 15) is 18.0 Å². The molecule has 3 heterocycles. The van der Waals surface area contributed by atoms with Gasteiger partial charge in [-0.15, -0.1) is 0 Å². The number of rotatable bonds is 5. The van der Waals surface area contributed by atoms with Crippen molar-refractivity contribution >= 4 is 16.7 Å². The van der Waals surface area contributed by atoms with Gasteiger partial charge in [0, 0.05) is 37.1 Å². The normalized spacial score (nSPS) is 11.4. The summed E-state index contributed by atoms with van der Waals surface area (Å²) in [6.07, 6.45) is 3.21. The highest BCUT2D eigenvalue weighted by atomic mass is 19.3. The number of alkyl halides is 2. The van der Waals surface area contributed by atoms with Crippen LogP contribution in [-0.4, -0.2) is 24.3 Å². The Morgan fingerprint density at radius 3 is 2.70 bits per heavy atom. The van der Waals surface area contributed by atoms with Crippen LogP contribution in [0.5, 0.6) is 0 Å². The summed E-state index contributed by atoms with van der Waals surface area (Å²) in [7, 11) is 1.74. The van der Waals surface area contributed by atoms with Crippen molar-refractivity contribution in [1.82, 2.24) is 24.3 Å². The summed E-state index contributed by atoms with van der Waals surface area (Å²) in [5.74, 6) is -0.607. The number of nitrogens with one attached hydrogen (secondary N) is 1. The Labute approximate surface area is 168 Å². The number of hydrogen-bond donors (Lipinski definition) is 1. The van der Waals surface area contributed by atoms with Crippen molar-refractivity contribution in [2.45, 2.75) is 19.9 Å². The van der Waals surface area contributed by atoms with Crippen LogP contribution in [0.25, 0.3) is 16.6 Å². The van der Waals surface area contributed by atoms with Crippen molar-refractivity contribution in [3.8, 4) is 5.69 Å². The number of anilines is 1. The van der Waals surface area contributed by atoms with Crippen LogP contribution in [0.1, 0.15) is 23.1 Å². The maximum Gasteiger partial charge on any atom is 0.266 e. The van der Waals surface area contributed by atoms with E-state index in [1.165, 1.54) is 23.0 Å². The zero-order valence-corrected chi connectivity index (χ0v) is 16.1. The Bertz CT molecular complexity index is 1300. The lowest BCUT2D eigenvalue weighted by atomic mass is 10.1. The first kappa shape index (κ1) is 19.6. The van der Waals surface area contributed by atoms with Gasteiger partial charge in [0.2, 0.25) is 0 Å². The zero-order chi connectivity index (χ0) is 21.4. The highest BCUT2D eigenvalue weighted by Gasteiger charge is 2.17. The Kier molecular flexibility index (Phi) is 4.98. The van der Waals surface area contributed by atoms with E-state index in [0.717, 1.165) is 6.07 Å². The lowest BCUT2D eigenvalue weighted by molar-refractivity contribution is 0.146. The molecule has 3 aromatic heterocycles. The highest BCUT2D eigenvalue weighted by molar-refractivity contribution is 5.90. The second kappa shape index (κ2) is 7.62. The Balaban J connectivity index is 1.76. The summed E-state index contributed by atoms with van der Waals surface area (Å²) in [6.45, 7) is 1.59. The topological polar surface area (TPSA) is 77.6 Å². The minimum Gasteiger partial charge on any atom is -0.365 e. The monoisotopic (exact) mass is 414 g/mol. The van der Waals surface area contributed by atoms with Gasteiger partial charge in [-0.2, -0.15) is 5.10 Å².